The van der Waals surface area contributed by atoms with Gasteiger partial charge in [0.2, 0.25) is 0 Å². The molecule has 0 bridgehead atoms. The van der Waals surface area contributed by atoms with Gasteiger partial charge in [0, 0.05) is 13.1 Å². The second-order valence-electron chi connectivity index (χ2n) is 6.25. The zero-order chi connectivity index (χ0) is 13.5. The molecule has 0 saturated carbocycles. The van der Waals surface area contributed by atoms with E-state index < -0.39 is 0 Å². The van der Waals surface area contributed by atoms with E-state index in [0.29, 0.717) is 13.2 Å². The van der Waals surface area contributed by atoms with Gasteiger partial charge in [0.25, 0.3) is 0 Å². The van der Waals surface area contributed by atoms with Gasteiger partial charge in [-0.25, -0.2) is 0 Å². The van der Waals surface area contributed by atoms with Gasteiger partial charge in [-0.3, -0.25) is 0 Å². The maximum atomic E-state index is 8.95. The third-order valence-corrected chi connectivity index (χ3v) is 4.91. The van der Waals surface area contributed by atoms with Gasteiger partial charge in [-0.2, -0.15) is 0 Å². The molecule has 2 fully saturated rings. The Hall–Kier alpha value is -0.160. The van der Waals surface area contributed by atoms with E-state index in [4.69, 9.17) is 10.2 Å². The normalized spacial score (nSPS) is 24.9. The van der Waals surface area contributed by atoms with E-state index in [1.807, 2.05) is 0 Å². The highest BCUT2D eigenvalue weighted by Crippen LogP contribution is 2.29. The Morgan fingerprint density at radius 2 is 1.05 bits per heavy atom. The molecule has 4 heteroatoms. The average molecular weight is 270 g/mol. The van der Waals surface area contributed by atoms with Crippen LogP contribution in [0.4, 0.5) is 0 Å². The first-order valence-corrected chi connectivity index (χ1v) is 7.98. The maximum Gasteiger partial charge on any atom is 0.0558 e. The molecule has 2 N–H and O–H groups in total. The van der Waals surface area contributed by atoms with Crippen molar-refractivity contribution in [2.24, 2.45) is 11.8 Å². The van der Waals surface area contributed by atoms with Crippen molar-refractivity contribution >= 4 is 0 Å². The minimum absolute atomic E-state index is 0.300. The van der Waals surface area contributed by atoms with E-state index in [2.05, 4.69) is 9.80 Å². The van der Waals surface area contributed by atoms with Gasteiger partial charge in [-0.1, -0.05) is 0 Å². The highest BCUT2D eigenvalue weighted by atomic mass is 16.3. The predicted molar refractivity (Wildman–Crippen MR) is 77.1 cm³/mol. The monoisotopic (exact) mass is 270 g/mol. The Balaban J connectivity index is 1.61. The smallest absolute Gasteiger partial charge is 0.0558 e. The fourth-order valence-corrected chi connectivity index (χ4v) is 3.65. The third-order valence-electron chi connectivity index (χ3n) is 4.91. The van der Waals surface area contributed by atoms with Gasteiger partial charge in [-0.05, 0) is 70.1 Å². The fourth-order valence-electron chi connectivity index (χ4n) is 3.65. The van der Waals surface area contributed by atoms with Crippen LogP contribution in [0.5, 0.6) is 0 Å². The van der Waals surface area contributed by atoms with Crippen molar-refractivity contribution < 1.29 is 10.2 Å². The lowest BCUT2D eigenvalue weighted by Gasteiger charge is -2.36. The number of aliphatic hydroxyl groups excluding tert-OH is 2. The zero-order valence-electron chi connectivity index (χ0n) is 12.1. The third kappa shape index (κ3) is 5.03. The number of hydrogen-bond donors (Lipinski definition) is 2. The standard InChI is InChI=1S/C15H30N2O2/c18-11-9-16-5-1-14(2-6-16)13-15-3-7-17(8-4-15)10-12-19/h14-15,18-19H,1-13H2. The molecular formula is C15H30N2O2. The summed E-state index contributed by atoms with van der Waals surface area (Å²) in [5, 5.41) is 17.9. The van der Waals surface area contributed by atoms with Crippen molar-refractivity contribution in [3.05, 3.63) is 0 Å². The number of aliphatic hydroxyl groups is 2. The predicted octanol–water partition coefficient (Wildman–Crippen LogP) is 0.785. The first-order valence-electron chi connectivity index (χ1n) is 7.98. The number of hydrogen-bond acceptors (Lipinski definition) is 4. The van der Waals surface area contributed by atoms with Crippen LogP contribution >= 0.6 is 0 Å². The number of piperidine rings is 2. The topological polar surface area (TPSA) is 46.9 Å². The van der Waals surface area contributed by atoms with Crippen molar-refractivity contribution in [2.75, 3.05) is 52.5 Å². The Morgan fingerprint density at radius 3 is 1.37 bits per heavy atom. The van der Waals surface area contributed by atoms with Crippen molar-refractivity contribution in [2.45, 2.75) is 32.1 Å². The number of rotatable bonds is 6. The Labute approximate surface area is 117 Å². The van der Waals surface area contributed by atoms with Gasteiger partial charge in [0.1, 0.15) is 0 Å². The molecule has 0 spiro atoms. The average Bonchev–Trinajstić information content (AvgIpc) is 2.44. The first-order chi connectivity index (χ1) is 9.31. The van der Waals surface area contributed by atoms with Gasteiger partial charge in [0.15, 0.2) is 0 Å². The second-order valence-corrected chi connectivity index (χ2v) is 6.25. The van der Waals surface area contributed by atoms with Crippen LogP contribution in [0.15, 0.2) is 0 Å². The molecule has 0 atom stereocenters. The SMILES string of the molecule is OCCN1CCC(CC2CCN(CCO)CC2)CC1. The number of β-amino-alcohol motifs (C(OH)–C–C–N with tert-alkyl or cyclic N) is 2. The molecule has 112 valence electrons. The highest BCUT2D eigenvalue weighted by molar-refractivity contribution is 4.78. The van der Waals surface area contributed by atoms with E-state index >= 15 is 0 Å². The van der Waals surface area contributed by atoms with Gasteiger partial charge in [-0.15, -0.1) is 0 Å². The summed E-state index contributed by atoms with van der Waals surface area (Å²) in [5.41, 5.74) is 0. The minimum atomic E-state index is 0.300. The fraction of sp³-hybridized carbons (Fsp3) is 1.00. The quantitative estimate of drug-likeness (QED) is 0.749. The molecule has 4 nitrogen and oxygen atoms in total. The Kier molecular flexibility index (Phi) is 6.57. The van der Waals surface area contributed by atoms with Gasteiger partial charge in [0.05, 0.1) is 13.2 Å². The number of likely N-dealkylation sites (tertiary alicyclic amines) is 2. The molecule has 0 radical (unpaired) electrons. The molecule has 2 aliphatic rings. The number of nitrogens with zero attached hydrogens (tertiary/aromatic N) is 2. The van der Waals surface area contributed by atoms with Crippen LogP contribution in [0, 0.1) is 11.8 Å². The van der Waals surface area contributed by atoms with Gasteiger partial charge < -0.3 is 20.0 Å². The zero-order valence-corrected chi connectivity index (χ0v) is 12.1. The molecule has 0 aromatic heterocycles. The largest absolute Gasteiger partial charge is 0.395 e. The minimum Gasteiger partial charge on any atom is -0.395 e. The first kappa shape index (κ1) is 15.2. The molecular weight excluding hydrogens is 240 g/mol. The van der Waals surface area contributed by atoms with Crippen LogP contribution in [0.2, 0.25) is 0 Å². The van der Waals surface area contributed by atoms with E-state index in [-0.39, 0.29) is 0 Å². The molecule has 0 aromatic rings. The molecule has 2 heterocycles. The van der Waals surface area contributed by atoms with E-state index in [9.17, 15) is 0 Å². The lowest BCUT2D eigenvalue weighted by Crippen LogP contribution is -2.38. The van der Waals surface area contributed by atoms with Gasteiger partial charge >= 0.3 is 0 Å². The second kappa shape index (κ2) is 8.20. The molecule has 0 unspecified atom stereocenters. The van der Waals surface area contributed by atoms with Crippen LogP contribution < -0.4 is 0 Å². The van der Waals surface area contributed by atoms with Crippen molar-refractivity contribution in [1.29, 1.82) is 0 Å². The van der Waals surface area contributed by atoms with E-state index in [1.54, 1.807) is 0 Å². The highest BCUT2D eigenvalue weighted by Gasteiger charge is 2.24. The molecule has 2 saturated heterocycles. The molecule has 0 aliphatic carbocycles. The molecule has 19 heavy (non-hydrogen) atoms. The molecule has 0 amide bonds. The summed E-state index contributed by atoms with van der Waals surface area (Å²) in [6.07, 6.45) is 6.67. The molecule has 2 aliphatic heterocycles. The van der Waals surface area contributed by atoms with Crippen LogP contribution in [0.3, 0.4) is 0 Å². The summed E-state index contributed by atoms with van der Waals surface area (Å²) in [4.78, 5) is 4.78. The summed E-state index contributed by atoms with van der Waals surface area (Å²) in [7, 11) is 0. The summed E-state index contributed by atoms with van der Waals surface area (Å²) in [6.45, 7) is 7.01. The summed E-state index contributed by atoms with van der Waals surface area (Å²) < 4.78 is 0. The Bertz CT molecular complexity index is 210. The van der Waals surface area contributed by atoms with Crippen LogP contribution in [0.25, 0.3) is 0 Å². The lowest BCUT2D eigenvalue weighted by atomic mass is 9.83. The van der Waals surface area contributed by atoms with E-state index in [1.165, 1.54) is 58.3 Å². The lowest BCUT2D eigenvalue weighted by molar-refractivity contribution is 0.111. The maximum absolute atomic E-state index is 8.95. The van der Waals surface area contributed by atoms with Crippen LogP contribution in [-0.2, 0) is 0 Å². The van der Waals surface area contributed by atoms with Crippen LogP contribution in [-0.4, -0.2) is 72.5 Å². The van der Waals surface area contributed by atoms with Crippen molar-refractivity contribution in [3.8, 4) is 0 Å². The Morgan fingerprint density at radius 1 is 0.684 bits per heavy atom. The van der Waals surface area contributed by atoms with Crippen LogP contribution in [0.1, 0.15) is 32.1 Å². The summed E-state index contributed by atoms with van der Waals surface area (Å²) in [5.74, 6) is 1.81. The van der Waals surface area contributed by atoms with Crippen molar-refractivity contribution in [1.82, 2.24) is 9.80 Å². The molecule has 0 aromatic carbocycles. The summed E-state index contributed by atoms with van der Waals surface area (Å²) in [6, 6.07) is 0. The van der Waals surface area contributed by atoms with E-state index in [0.717, 1.165) is 24.9 Å². The van der Waals surface area contributed by atoms with Crippen molar-refractivity contribution in [3.63, 3.8) is 0 Å². The summed E-state index contributed by atoms with van der Waals surface area (Å²) >= 11 is 0. The molecule has 2 rings (SSSR count).